The highest BCUT2D eigenvalue weighted by atomic mass is 16.5. The monoisotopic (exact) mass is 231 g/mol. The lowest BCUT2D eigenvalue weighted by atomic mass is 9.78. The quantitative estimate of drug-likeness (QED) is 0.706. The van der Waals surface area contributed by atoms with Crippen molar-refractivity contribution in [2.45, 2.75) is 53.1 Å². The molecule has 0 heterocycles. The van der Waals surface area contributed by atoms with Gasteiger partial charge < -0.3 is 15.6 Å². The van der Waals surface area contributed by atoms with Crippen molar-refractivity contribution in [3.63, 3.8) is 0 Å². The summed E-state index contributed by atoms with van der Waals surface area (Å²) < 4.78 is 5.70. The Morgan fingerprint density at radius 2 is 1.81 bits per heavy atom. The van der Waals surface area contributed by atoms with E-state index in [0.717, 1.165) is 12.8 Å². The number of aliphatic hydroxyl groups excluding tert-OH is 1. The van der Waals surface area contributed by atoms with Crippen LogP contribution in [0, 0.1) is 11.3 Å². The third-order valence-electron chi connectivity index (χ3n) is 2.78. The molecular weight excluding hydrogens is 202 g/mol. The van der Waals surface area contributed by atoms with Crippen LogP contribution in [0.3, 0.4) is 0 Å². The normalized spacial score (nSPS) is 16.5. The second-order valence-corrected chi connectivity index (χ2v) is 6.17. The Morgan fingerprint density at radius 1 is 1.25 bits per heavy atom. The molecule has 0 aliphatic heterocycles. The van der Waals surface area contributed by atoms with Crippen LogP contribution in [0.4, 0.5) is 0 Å². The minimum atomic E-state index is -0.167. The number of hydrogen-bond acceptors (Lipinski definition) is 3. The average molecular weight is 231 g/mol. The third-order valence-corrected chi connectivity index (χ3v) is 2.78. The number of hydrogen-bond donors (Lipinski definition) is 2. The largest absolute Gasteiger partial charge is 0.396 e. The number of aliphatic hydroxyl groups is 1. The predicted molar refractivity (Wildman–Crippen MR) is 68.4 cm³/mol. The molecule has 0 rings (SSSR count). The van der Waals surface area contributed by atoms with E-state index in [-0.39, 0.29) is 17.6 Å². The fourth-order valence-electron chi connectivity index (χ4n) is 1.94. The summed E-state index contributed by atoms with van der Waals surface area (Å²) >= 11 is 0. The van der Waals surface area contributed by atoms with Crippen molar-refractivity contribution in [3.05, 3.63) is 0 Å². The van der Waals surface area contributed by atoms with Crippen LogP contribution in [0.25, 0.3) is 0 Å². The molecule has 98 valence electrons. The zero-order valence-corrected chi connectivity index (χ0v) is 11.5. The molecule has 0 spiro atoms. The fraction of sp³-hybridized carbons (Fsp3) is 1.00. The summed E-state index contributed by atoms with van der Waals surface area (Å²) in [7, 11) is 0. The van der Waals surface area contributed by atoms with Gasteiger partial charge in [-0.05, 0) is 39.5 Å². The van der Waals surface area contributed by atoms with Crippen LogP contribution in [0.15, 0.2) is 0 Å². The Labute approximate surface area is 100 Å². The molecule has 3 N–H and O–H groups in total. The van der Waals surface area contributed by atoms with Crippen LogP contribution in [-0.2, 0) is 4.74 Å². The van der Waals surface area contributed by atoms with E-state index in [9.17, 15) is 5.11 Å². The van der Waals surface area contributed by atoms with Gasteiger partial charge in [-0.1, -0.05) is 13.8 Å². The Hall–Kier alpha value is -0.120. The topological polar surface area (TPSA) is 55.5 Å². The molecule has 0 saturated carbocycles. The molecule has 1 atom stereocenters. The maximum Gasteiger partial charge on any atom is 0.0598 e. The Kier molecular flexibility index (Phi) is 6.53. The van der Waals surface area contributed by atoms with Crippen molar-refractivity contribution in [1.82, 2.24) is 0 Å². The molecule has 3 heteroatoms. The highest BCUT2D eigenvalue weighted by Crippen LogP contribution is 2.29. The molecule has 0 aliphatic carbocycles. The lowest BCUT2D eigenvalue weighted by molar-refractivity contribution is -0.0288. The SMILES string of the molecule is CC(C)CC(CN)(CO)CCOC(C)(C)C. The van der Waals surface area contributed by atoms with Gasteiger partial charge in [-0.2, -0.15) is 0 Å². The molecule has 0 radical (unpaired) electrons. The van der Waals surface area contributed by atoms with Gasteiger partial charge in [0.15, 0.2) is 0 Å². The molecule has 0 aromatic rings. The summed E-state index contributed by atoms with van der Waals surface area (Å²) in [5.74, 6) is 0.547. The van der Waals surface area contributed by atoms with Crippen LogP contribution >= 0.6 is 0 Å². The van der Waals surface area contributed by atoms with E-state index in [2.05, 4.69) is 13.8 Å². The van der Waals surface area contributed by atoms with E-state index in [4.69, 9.17) is 10.5 Å². The molecule has 1 unspecified atom stereocenters. The maximum atomic E-state index is 9.52. The standard InChI is InChI=1S/C13H29NO2/c1-11(2)8-13(9-14,10-15)6-7-16-12(3,4)5/h11,15H,6-10,14H2,1-5H3. The second kappa shape index (κ2) is 6.58. The summed E-state index contributed by atoms with van der Waals surface area (Å²) in [6, 6.07) is 0. The molecule has 0 aromatic heterocycles. The lowest BCUT2D eigenvalue weighted by Crippen LogP contribution is -2.37. The van der Waals surface area contributed by atoms with Crippen molar-refractivity contribution >= 4 is 0 Å². The van der Waals surface area contributed by atoms with Gasteiger partial charge in [-0.15, -0.1) is 0 Å². The van der Waals surface area contributed by atoms with Crippen LogP contribution < -0.4 is 5.73 Å². The van der Waals surface area contributed by atoms with Crippen LogP contribution in [0.1, 0.15) is 47.5 Å². The Balaban J connectivity index is 4.22. The van der Waals surface area contributed by atoms with Gasteiger partial charge in [0.2, 0.25) is 0 Å². The van der Waals surface area contributed by atoms with E-state index in [1.165, 1.54) is 0 Å². The summed E-state index contributed by atoms with van der Waals surface area (Å²) in [4.78, 5) is 0. The smallest absolute Gasteiger partial charge is 0.0598 e. The van der Waals surface area contributed by atoms with Crippen molar-refractivity contribution in [2.24, 2.45) is 17.1 Å². The molecule has 0 aliphatic rings. The Morgan fingerprint density at radius 3 is 2.12 bits per heavy atom. The van der Waals surface area contributed by atoms with Crippen molar-refractivity contribution in [1.29, 1.82) is 0 Å². The first-order valence-electron chi connectivity index (χ1n) is 6.19. The second-order valence-electron chi connectivity index (χ2n) is 6.17. The van der Waals surface area contributed by atoms with E-state index in [1.54, 1.807) is 0 Å². The lowest BCUT2D eigenvalue weighted by Gasteiger charge is -2.33. The molecular formula is C13H29NO2. The van der Waals surface area contributed by atoms with E-state index >= 15 is 0 Å². The van der Waals surface area contributed by atoms with Crippen LogP contribution in [0.2, 0.25) is 0 Å². The molecule has 0 fully saturated rings. The van der Waals surface area contributed by atoms with E-state index < -0.39 is 0 Å². The molecule has 3 nitrogen and oxygen atoms in total. The minimum absolute atomic E-state index is 0.117. The Bertz CT molecular complexity index is 181. The van der Waals surface area contributed by atoms with Gasteiger partial charge >= 0.3 is 0 Å². The zero-order chi connectivity index (χ0) is 12.8. The van der Waals surface area contributed by atoms with Gasteiger partial charge in [0.05, 0.1) is 5.60 Å². The number of rotatable bonds is 7. The summed E-state index contributed by atoms with van der Waals surface area (Å²) in [6.07, 6.45) is 1.78. The molecule has 0 bridgehead atoms. The van der Waals surface area contributed by atoms with Gasteiger partial charge in [0.1, 0.15) is 0 Å². The van der Waals surface area contributed by atoms with Gasteiger partial charge in [-0.3, -0.25) is 0 Å². The fourth-order valence-corrected chi connectivity index (χ4v) is 1.94. The van der Waals surface area contributed by atoms with Crippen molar-refractivity contribution in [3.8, 4) is 0 Å². The third kappa shape index (κ3) is 6.46. The van der Waals surface area contributed by atoms with Crippen molar-refractivity contribution in [2.75, 3.05) is 19.8 Å². The molecule has 0 aromatic carbocycles. The van der Waals surface area contributed by atoms with Gasteiger partial charge in [0, 0.05) is 25.2 Å². The average Bonchev–Trinajstić information content (AvgIpc) is 2.13. The molecule has 16 heavy (non-hydrogen) atoms. The molecule has 0 amide bonds. The van der Waals surface area contributed by atoms with Crippen LogP contribution in [0.5, 0.6) is 0 Å². The first-order chi connectivity index (χ1) is 7.24. The number of nitrogens with two attached hydrogens (primary N) is 1. The van der Waals surface area contributed by atoms with Crippen LogP contribution in [-0.4, -0.2) is 30.5 Å². The van der Waals surface area contributed by atoms with Crippen molar-refractivity contribution < 1.29 is 9.84 Å². The maximum absolute atomic E-state index is 9.52. The summed E-state index contributed by atoms with van der Waals surface area (Å²) in [5, 5.41) is 9.52. The summed E-state index contributed by atoms with van der Waals surface area (Å²) in [5.41, 5.74) is 5.52. The van der Waals surface area contributed by atoms with Gasteiger partial charge in [0.25, 0.3) is 0 Å². The highest BCUT2D eigenvalue weighted by Gasteiger charge is 2.29. The predicted octanol–water partition coefficient (Wildman–Crippen LogP) is 2.18. The van der Waals surface area contributed by atoms with E-state index in [1.807, 2.05) is 20.8 Å². The minimum Gasteiger partial charge on any atom is -0.396 e. The number of ether oxygens (including phenoxy) is 1. The zero-order valence-electron chi connectivity index (χ0n) is 11.5. The summed E-state index contributed by atoms with van der Waals surface area (Å²) in [6.45, 7) is 11.8. The first-order valence-corrected chi connectivity index (χ1v) is 6.19. The van der Waals surface area contributed by atoms with Gasteiger partial charge in [-0.25, -0.2) is 0 Å². The molecule has 0 saturated heterocycles. The highest BCUT2D eigenvalue weighted by molar-refractivity contribution is 4.81. The first kappa shape index (κ1) is 15.9. The van der Waals surface area contributed by atoms with E-state index in [0.29, 0.717) is 19.1 Å².